The van der Waals surface area contributed by atoms with E-state index in [9.17, 15) is 4.79 Å². The van der Waals surface area contributed by atoms with Gasteiger partial charge in [0.15, 0.2) is 0 Å². The van der Waals surface area contributed by atoms with Crippen LogP contribution in [-0.4, -0.2) is 12.2 Å². The second-order valence-corrected chi connectivity index (χ2v) is 4.20. The van der Waals surface area contributed by atoms with Crippen LogP contribution in [0.1, 0.15) is 15.9 Å². The van der Waals surface area contributed by atoms with Crippen molar-refractivity contribution in [2.45, 2.75) is 0 Å². The highest BCUT2D eigenvalue weighted by Crippen LogP contribution is 2.16. The smallest absolute Gasteiger partial charge is 0.365 e. The van der Waals surface area contributed by atoms with E-state index < -0.39 is 5.97 Å². The van der Waals surface area contributed by atoms with Gasteiger partial charge in [-0.25, -0.2) is 4.79 Å². The van der Waals surface area contributed by atoms with Gasteiger partial charge < -0.3 is 9.25 Å². The van der Waals surface area contributed by atoms with Crippen molar-refractivity contribution in [2.75, 3.05) is 0 Å². The van der Waals surface area contributed by atoms with Gasteiger partial charge in [0.25, 0.3) is 0 Å². The molecule has 0 amide bonds. The largest absolute Gasteiger partial charge is 0.464 e. The molecule has 0 radical (unpaired) electrons. The zero-order valence-corrected chi connectivity index (χ0v) is 10.5. The minimum Gasteiger partial charge on any atom is -0.464 e. The molecule has 98 valence electrons. The summed E-state index contributed by atoms with van der Waals surface area (Å²) in [6.07, 6.45) is 3.12. The maximum atomic E-state index is 11.7. The number of carbonyl (C=O) groups is 1. The standard InChI is InChI=1S/C16H11NO3/c18-16(13-4-2-1-3-5-13)20-17-11-12-6-7-15-14(10-12)8-9-19-15/h1-11H. The van der Waals surface area contributed by atoms with Crippen molar-refractivity contribution in [2.24, 2.45) is 5.16 Å². The van der Waals surface area contributed by atoms with Gasteiger partial charge in [0.2, 0.25) is 0 Å². The number of nitrogens with zero attached hydrogens (tertiary/aromatic N) is 1. The summed E-state index contributed by atoms with van der Waals surface area (Å²) in [5, 5.41) is 4.68. The number of hydrogen-bond donors (Lipinski definition) is 0. The van der Waals surface area contributed by atoms with Gasteiger partial charge >= 0.3 is 5.97 Å². The molecule has 0 aliphatic carbocycles. The first kappa shape index (κ1) is 12.2. The lowest BCUT2D eigenvalue weighted by Gasteiger charge is -1.97. The van der Waals surface area contributed by atoms with Crippen LogP contribution >= 0.6 is 0 Å². The molecule has 0 saturated carbocycles. The lowest BCUT2D eigenvalue weighted by molar-refractivity contribution is 0.0519. The van der Waals surface area contributed by atoms with Crippen LogP contribution in [0, 0.1) is 0 Å². The van der Waals surface area contributed by atoms with Gasteiger partial charge in [-0.05, 0) is 42.0 Å². The van der Waals surface area contributed by atoms with Gasteiger partial charge in [-0.1, -0.05) is 23.4 Å². The Labute approximate surface area is 115 Å². The normalized spacial score (nSPS) is 11.0. The minimum atomic E-state index is -0.480. The third-order valence-electron chi connectivity index (χ3n) is 2.82. The molecule has 0 atom stereocenters. The van der Waals surface area contributed by atoms with E-state index in [1.165, 1.54) is 6.21 Å². The Morgan fingerprint density at radius 3 is 2.80 bits per heavy atom. The summed E-state index contributed by atoms with van der Waals surface area (Å²) in [5.41, 5.74) is 2.11. The number of fused-ring (bicyclic) bond motifs is 1. The molecule has 0 unspecified atom stereocenters. The van der Waals surface area contributed by atoms with Crippen molar-refractivity contribution in [1.29, 1.82) is 0 Å². The Kier molecular flexibility index (Phi) is 3.29. The van der Waals surface area contributed by atoms with Crippen LogP contribution in [0.4, 0.5) is 0 Å². The fraction of sp³-hybridized carbons (Fsp3) is 0. The van der Waals surface area contributed by atoms with E-state index in [2.05, 4.69) is 5.16 Å². The fourth-order valence-corrected chi connectivity index (χ4v) is 1.83. The Hall–Kier alpha value is -2.88. The lowest BCUT2D eigenvalue weighted by atomic mass is 10.2. The highest BCUT2D eigenvalue weighted by molar-refractivity contribution is 5.91. The molecule has 4 heteroatoms. The Bertz CT molecular complexity index is 760. The van der Waals surface area contributed by atoms with E-state index in [0.29, 0.717) is 5.56 Å². The lowest BCUT2D eigenvalue weighted by Crippen LogP contribution is -2.00. The first-order chi connectivity index (χ1) is 9.83. The molecule has 2 aromatic carbocycles. The second kappa shape index (κ2) is 5.40. The summed E-state index contributed by atoms with van der Waals surface area (Å²) in [4.78, 5) is 16.5. The number of carbonyl (C=O) groups excluding carboxylic acids is 1. The summed E-state index contributed by atoms with van der Waals surface area (Å²) in [5.74, 6) is -0.480. The Morgan fingerprint density at radius 2 is 1.95 bits per heavy atom. The van der Waals surface area contributed by atoms with Gasteiger partial charge in [-0.15, -0.1) is 0 Å². The van der Waals surface area contributed by atoms with Crippen molar-refractivity contribution >= 4 is 23.2 Å². The fourth-order valence-electron chi connectivity index (χ4n) is 1.83. The molecule has 0 spiro atoms. The van der Waals surface area contributed by atoms with Crippen molar-refractivity contribution in [3.8, 4) is 0 Å². The predicted molar refractivity (Wildman–Crippen MR) is 75.7 cm³/mol. The van der Waals surface area contributed by atoms with E-state index >= 15 is 0 Å². The summed E-state index contributed by atoms with van der Waals surface area (Å²) in [6, 6.07) is 16.2. The quantitative estimate of drug-likeness (QED) is 0.413. The molecule has 0 saturated heterocycles. The molecular formula is C16H11NO3. The van der Waals surface area contributed by atoms with Crippen molar-refractivity contribution in [1.82, 2.24) is 0 Å². The van der Waals surface area contributed by atoms with Gasteiger partial charge in [-0.3, -0.25) is 0 Å². The second-order valence-electron chi connectivity index (χ2n) is 4.20. The summed E-state index contributed by atoms with van der Waals surface area (Å²) < 4.78 is 5.24. The van der Waals surface area contributed by atoms with E-state index in [-0.39, 0.29) is 0 Å². The summed E-state index contributed by atoms with van der Waals surface area (Å²) in [6.45, 7) is 0. The van der Waals surface area contributed by atoms with Gasteiger partial charge in [0.1, 0.15) is 5.58 Å². The van der Waals surface area contributed by atoms with Crippen molar-refractivity contribution in [3.63, 3.8) is 0 Å². The van der Waals surface area contributed by atoms with E-state index in [1.807, 2.05) is 30.3 Å². The SMILES string of the molecule is O=C(ON=Cc1ccc2occc2c1)c1ccccc1. The molecule has 4 nitrogen and oxygen atoms in total. The number of rotatable bonds is 3. The molecule has 0 N–H and O–H groups in total. The molecule has 1 aromatic heterocycles. The Balaban J connectivity index is 1.69. The van der Waals surface area contributed by atoms with Crippen LogP contribution in [0.2, 0.25) is 0 Å². The van der Waals surface area contributed by atoms with Crippen LogP contribution in [0.5, 0.6) is 0 Å². The van der Waals surface area contributed by atoms with Crippen LogP contribution in [0.25, 0.3) is 11.0 Å². The molecular weight excluding hydrogens is 254 g/mol. The monoisotopic (exact) mass is 265 g/mol. The molecule has 0 bridgehead atoms. The highest BCUT2D eigenvalue weighted by atomic mass is 16.7. The maximum Gasteiger partial charge on any atom is 0.365 e. The number of furan rings is 1. The van der Waals surface area contributed by atoms with Crippen LogP contribution in [0.15, 0.2) is 70.4 Å². The maximum absolute atomic E-state index is 11.7. The van der Waals surface area contributed by atoms with E-state index in [0.717, 1.165) is 16.5 Å². The first-order valence-electron chi connectivity index (χ1n) is 6.10. The van der Waals surface area contributed by atoms with E-state index in [1.54, 1.807) is 30.5 Å². The van der Waals surface area contributed by atoms with Crippen molar-refractivity contribution < 1.29 is 14.0 Å². The first-order valence-corrected chi connectivity index (χ1v) is 6.10. The van der Waals surface area contributed by atoms with Gasteiger partial charge in [0.05, 0.1) is 18.0 Å². The third-order valence-corrected chi connectivity index (χ3v) is 2.82. The zero-order chi connectivity index (χ0) is 13.8. The zero-order valence-electron chi connectivity index (χ0n) is 10.5. The number of benzene rings is 2. The molecule has 1 heterocycles. The molecule has 3 aromatic rings. The molecule has 0 aliphatic heterocycles. The van der Waals surface area contributed by atoms with Crippen LogP contribution in [-0.2, 0) is 4.84 Å². The van der Waals surface area contributed by atoms with Crippen LogP contribution < -0.4 is 0 Å². The predicted octanol–water partition coefficient (Wildman–Crippen LogP) is 3.62. The third kappa shape index (κ3) is 2.59. The average Bonchev–Trinajstić information content (AvgIpc) is 2.95. The number of oxime groups is 1. The highest BCUT2D eigenvalue weighted by Gasteiger charge is 2.04. The minimum absolute atomic E-state index is 0.468. The van der Waals surface area contributed by atoms with Gasteiger partial charge in [0, 0.05) is 5.39 Å². The number of hydrogen-bond acceptors (Lipinski definition) is 4. The molecule has 3 rings (SSSR count). The van der Waals surface area contributed by atoms with E-state index in [4.69, 9.17) is 9.25 Å². The topological polar surface area (TPSA) is 51.8 Å². The van der Waals surface area contributed by atoms with Gasteiger partial charge in [-0.2, -0.15) is 0 Å². The Morgan fingerprint density at radius 1 is 1.10 bits per heavy atom. The van der Waals surface area contributed by atoms with Crippen molar-refractivity contribution in [3.05, 3.63) is 72.0 Å². The summed E-state index contributed by atoms with van der Waals surface area (Å²) in [7, 11) is 0. The molecule has 20 heavy (non-hydrogen) atoms. The average molecular weight is 265 g/mol. The molecule has 0 aliphatic rings. The molecule has 0 fully saturated rings. The summed E-state index contributed by atoms with van der Waals surface area (Å²) >= 11 is 0. The van der Waals surface area contributed by atoms with Crippen LogP contribution in [0.3, 0.4) is 0 Å².